The van der Waals surface area contributed by atoms with Crippen molar-refractivity contribution in [2.45, 2.75) is 25.0 Å². The summed E-state index contributed by atoms with van der Waals surface area (Å²) in [6.07, 6.45) is 1.66. The van der Waals surface area contributed by atoms with E-state index in [0.29, 0.717) is 43.1 Å². The van der Waals surface area contributed by atoms with Crippen LogP contribution < -0.4 is 5.32 Å². The summed E-state index contributed by atoms with van der Waals surface area (Å²) in [4.78, 5) is 16.3. The van der Waals surface area contributed by atoms with Gasteiger partial charge in [0.15, 0.2) is 0 Å². The van der Waals surface area contributed by atoms with Gasteiger partial charge in [-0.15, -0.1) is 0 Å². The number of thioether (sulfide) groups is 1. The van der Waals surface area contributed by atoms with E-state index in [-0.39, 0.29) is 5.91 Å². The minimum absolute atomic E-state index is 0.0193. The number of carbonyl (C=O) groups is 1. The van der Waals surface area contributed by atoms with Gasteiger partial charge in [-0.05, 0) is 18.1 Å². The highest BCUT2D eigenvalue weighted by Crippen LogP contribution is 2.16. The van der Waals surface area contributed by atoms with Crippen LogP contribution in [-0.4, -0.2) is 28.3 Å². The molecule has 1 heterocycles. The smallest absolute Gasteiger partial charge is 0.226 e. The van der Waals surface area contributed by atoms with Crippen LogP contribution in [0.1, 0.15) is 29.9 Å². The Bertz CT molecular complexity index is 966. The largest absolute Gasteiger partial charge is 0.355 e. The van der Waals surface area contributed by atoms with Gasteiger partial charge < -0.3 is 9.84 Å². The minimum Gasteiger partial charge on any atom is -0.355 e. The lowest BCUT2D eigenvalue weighted by atomic mass is 10.1. The van der Waals surface area contributed by atoms with Gasteiger partial charge in [0.05, 0.1) is 11.6 Å². The van der Waals surface area contributed by atoms with Crippen LogP contribution >= 0.6 is 11.8 Å². The van der Waals surface area contributed by atoms with E-state index in [4.69, 9.17) is 9.78 Å². The molecule has 0 saturated heterocycles. The van der Waals surface area contributed by atoms with Gasteiger partial charge in [-0.2, -0.15) is 22.0 Å². The molecule has 3 aromatic rings. The highest BCUT2D eigenvalue weighted by molar-refractivity contribution is 7.98. The monoisotopic (exact) mass is 406 g/mol. The molecule has 7 heteroatoms. The molecule has 0 aliphatic heterocycles. The third-order valence-corrected chi connectivity index (χ3v) is 5.27. The summed E-state index contributed by atoms with van der Waals surface area (Å²) >= 11 is 1.70. The van der Waals surface area contributed by atoms with Crippen LogP contribution in [0.25, 0.3) is 11.4 Å². The Labute approximate surface area is 174 Å². The lowest BCUT2D eigenvalue weighted by Gasteiger charge is -2.06. The molecule has 1 amide bonds. The van der Waals surface area contributed by atoms with Crippen molar-refractivity contribution in [3.8, 4) is 17.5 Å². The lowest BCUT2D eigenvalue weighted by Crippen LogP contribution is -2.25. The second-order valence-corrected chi connectivity index (χ2v) is 7.51. The summed E-state index contributed by atoms with van der Waals surface area (Å²) in [5.74, 6) is 2.70. The second-order valence-electron chi connectivity index (χ2n) is 6.40. The Morgan fingerprint density at radius 3 is 2.76 bits per heavy atom. The van der Waals surface area contributed by atoms with Gasteiger partial charge in [0.25, 0.3) is 0 Å². The maximum atomic E-state index is 12.0. The molecule has 3 rings (SSSR count). The minimum atomic E-state index is 0.0193. The molecule has 0 bridgehead atoms. The van der Waals surface area contributed by atoms with Gasteiger partial charge in [-0.25, -0.2) is 0 Å². The third-order valence-electron chi connectivity index (χ3n) is 4.26. The van der Waals surface area contributed by atoms with Gasteiger partial charge in [-0.3, -0.25) is 4.79 Å². The van der Waals surface area contributed by atoms with Crippen molar-refractivity contribution in [1.29, 1.82) is 5.26 Å². The van der Waals surface area contributed by atoms with Crippen molar-refractivity contribution in [2.24, 2.45) is 0 Å². The molecule has 6 nitrogen and oxygen atoms in total. The predicted molar refractivity (Wildman–Crippen MR) is 113 cm³/mol. The van der Waals surface area contributed by atoms with E-state index in [1.807, 2.05) is 54.6 Å². The highest BCUT2D eigenvalue weighted by Gasteiger charge is 2.09. The first-order chi connectivity index (χ1) is 14.3. The molecule has 148 valence electrons. The van der Waals surface area contributed by atoms with Crippen molar-refractivity contribution >= 4 is 17.7 Å². The van der Waals surface area contributed by atoms with Crippen molar-refractivity contribution in [2.75, 3.05) is 12.3 Å². The number of aryl methyl sites for hydroxylation is 1. The summed E-state index contributed by atoms with van der Waals surface area (Å²) in [6, 6.07) is 19.4. The fourth-order valence-electron chi connectivity index (χ4n) is 2.75. The maximum Gasteiger partial charge on any atom is 0.226 e. The molecule has 29 heavy (non-hydrogen) atoms. The van der Waals surface area contributed by atoms with E-state index in [0.717, 1.165) is 22.6 Å². The van der Waals surface area contributed by atoms with Crippen LogP contribution in [-0.2, 0) is 17.0 Å². The number of aromatic nitrogens is 2. The summed E-state index contributed by atoms with van der Waals surface area (Å²) in [5.41, 5.74) is 2.65. The van der Waals surface area contributed by atoms with E-state index < -0.39 is 0 Å². The van der Waals surface area contributed by atoms with E-state index in [9.17, 15) is 4.79 Å². The second kappa shape index (κ2) is 11.0. The van der Waals surface area contributed by atoms with Gasteiger partial charge in [-0.1, -0.05) is 53.7 Å². The lowest BCUT2D eigenvalue weighted by molar-refractivity contribution is -0.121. The average Bonchev–Trinajstić information content (AvgIpc) is 3.23. The molecule has 2 aromatic carbocycles. The van der Waals surface area contributed by atoms with Gasteiger partial charge in [0, 0.05) is 36.5 Å². The molecule has 0 atom stereocenters. The molecule has 1 N–H and O–H groups in total. The summed E-state index contributed by atoms with van der Waals surface area (Å²) in [7, 11) is 0. The highest BCUT2D eigenvalue weighted by atomic mass is 32.2. The van der Waals surface area contributed by atoms with E-state index >= 15 is 0 Å². The molecule has 0 fully saturated rings. The van der Waals surface area contributed by atoms with E-state index in [1.54, 1.807) is 11.8 Å². The molecular formula is C22H22N4O2S. The number of carbonyl (C=O) groups excluding carboxylic acids is 1. The van der Waals surface area contributed by atoms with Crippen LogP contribution in [0.5, 0.6) is 0 Å². The normalized spacial score (nSPS) is 10.4. The first kappa shape index (κ1) is 20.6. The molecule has 0 aliphatic rings. The van der Waals surface area contributed by atoms with Crippen molar-refractivity contribution in [3.05, 3.63) is 71.6 Å². The number of hydrogen-bond donors (Lipinski definition) is 1. The standard InChI is InChI=1S/C22H22N4O2S/c23-15-18-9-4-5-10-19(18)16-29-14-13-24-20(27)11-6-12-21-25-22(26-28-21)17-7-2-1-3-8-17/h1-5,7-10H,6,11-14,16H2,(H,24,27). The molecular weight excluding hydrogens is 384 g/mol. The van der Waals surface area contributed by atoms with Gasteiger partial charge in [0.2, 0.25) is 17.6 Å². The number of nitriles is 1. The number of hydrogen-bond acceptors (Lipinski definition) is 6. The first-order valence-electron chi connectivity index (χ1n) is 9.46. The fourth-order valence-corrected chi connectivity index (χ4v) is 3.61. The van der Waals surface area contributed by atoms with Gasteiger partial charge in [0.1, 0.15) is 0 Å². The van der Waals surface area contributed by atoms with Gasteiger partial charge >= 0.3 is 0 Å². The maximum absolute atomic E-state index is 12.0. The van der Waals surface area contributed by atoms with Crippen molar-refractivity contribution in [3.63, 3.8) is 0 Å². The number of nitrogens with zero attached hydrogens (tertiary/aromatic N) is 3. The zero-order valence-electron chi connectivity index (χ0n) is 16.0. The third kappa shape index (κ3) is 6.47. The molecule has 1 aromatic heterocycles. The number of rotatable bonds is 10. The summed E-state index contributed by atoms with van der Waals surface area (Å²) in [5, 5.41) is 16.0. The van der Waals surface area contributed by atoms with Crippen LogP contribution in [0.4, 0.5) is 0 Å². The van der Waals surface area contributed by atoms with Crippen molar-refractivity contribution < 1.29 is 9.32 Å². The zero-order valence-corrected chi connectivity index (χ0v) is 16.8. The van der Waals surface area contributed by atoms with E-state index in [1.165, 1.54) is 0 Å². The topological polar surface area (TPSA) is 91.8 Å². The Kier molecular flexibility index (Phi) is 7.84. The Balaban J connectivity index is 1.30. The first-order valence-corrected chi connectivity index (χ1v) is 10.6. The molecule has 0 saturated carbocycles. The van der Waals surface area contributed by atoms with Crippen LogP contribution in [0, 0.1) is 11.3 Å². The SMILES string of the molecule is N#Cc1ccccc1CSCCNC(=O)CCCc1nc(-c2ccccc2)no1. The Hall–Kier alpha value is -3.11. The number of nitrogens with one attached hydrogen (secondary N) is 1. The molecule has 0 unspecified atom stereocenters. The van der Waals surface area contributed by atoms with E-state index in [2.05, 4.69) is 21.5 Å². The molecule has 0 spiro atoms. The fraction of sp³-hybridized carbons (Fsp3) is 0.273. The zero-order chi connectivity index (χ0) is 20.3. The Morgan fingerprint density at radius 2 is 1.93 bits per heavy atom. The predicted octanol–water partition coefficient (Wildman–Crippen LogP) is 3.98. The average molecular weight is 407 g/mol. The summed E-state index contributed by atoms with van der Waals surface area (Å²) in [6.45, 7) is 0.608. The summed E-state index contributed by atoms with van der Waals surface area (Å²) < 4.78 is 5.26. The van der Waals surface area contributed by atoms with Crippen LogP contribution in [0.3, 0.4) is 0 Å². The molecule has 0 radical (unpaired) electrons. The number of benzene rings is 2. The Morgan fingerprint density at radius 1 is 1.14 bits per heavy atom. The van der Waals surface area contributed by atoms with Crippen LogP contribution in [0.2, 0.25) is 0 Å². The van der Waals surface area contributed by atoms with Crippen molar-refractivity contribution in [1.82, 2.24) is 15.5 Å². The van der Waals surface area contributed by atoms with Crippen LogP contribution in [0.15, 0.2) is 59.1 Å². The quantitative estimate of drug-likeness (QED) is 0.512. The molecule has 0 aliphatic carbocycles. The number of amides is 1.